The Morgan fingerprint density at radius 1 is 1.44 bits per heavy atom. The highest BCUT2D eigenvalue weighted by molar-refractivity contribution is 6.32. The predicted molar refractivity (Wildman–Crippen MR) is 72.6 cm³/mol. The molecule has 0 aliphatic carbocycles. The van der Waals surface area contributed by atoms with Gasteiger partial charge in [0.25, 0.3) is 0 Å². The SMILES string of the molecule is CCOc1c(Cl)cc(/C=N\N=C(N)N)cc1OC. The summed E-state index contributed by atoms with van der Waals surface area (Å²) in [6.07, 6.45) is 1.46. The highest BCUT2D eigenvalue weighted by atomic mass is 35.5. The minimum atomic E-state index is -0.116. The van der Waals surface area contributed by atoms with Crippen molar-refractivity contribution in [3.63, 3.8) is 0 Å². The second-order valence-electron chi connectivity index (χ2n) is 3.24. The van der Waals surface area contributed by atoms with Gasteiger partial charge in [0, 0.05) is 5.56 Å². The zero-order valence-electron chi connectivity index (χ0n) is 10.2. The third-order valence-corrected chi connectivity index (χ3v) is 2.20. The third-order valence-electron chi connectivity index (χ3n) is 1.92. The first-order valence-electron chi connectivity index (χ1n) is 5.20. The Morgan fingerprint density at radius 2 is 2.17 bits per heavy atom. The number of ether oxygens (including phenoxy) is 2. The van der Waals surface area contributed by atoms with Crippen molar-refractivity contribution in [1.29, 1.82) is 0 Å². The second kappa shape index (κ2) is 6.70. The molecule has 0 aromatic heterocycles. The molecule has 0 unspecified atom stereocenters. The summed E-state index contributed by atoms with van der Waals surface area (Å²) in [5.41, 5.74) is 11.0. The number of nitrogens with two attached hydrogens (primary N) is 2. The van der Waals surface area contributed by atoms with E-state index >= 15 is 0 Å². The fraction of sp³-hybridized carbons (Fsp3) is 0.273. The molecule has 0 atom stereocenters. The van der Waals surface area contributed by atoms with Crippen molar-refractivity contribution in [1.82, 2.24) is 0 Å². The number of hydrogen-bond acceptors (Lipinski definition) is 4. The van der Waals surface area contributed by atoms with Gasteiger partial charge in [-0.25, -0.2) is 0 Å². The van der Waals surface area contributed by atoms with E-state index in [1.54, 1.807) is 12.1 Å². The molecule has 0 radical (unpaired) electrons. The van der Waals surface area contributed by atoms with Crippen molar-refractivity contribution in [2.45, 2.75) is 6.92 Å². The molecule has 0 saturated carbocycles. The molecular weight excluding hydrogens is 256 g/mol. The van der Waals surface area contributed by atoms with E-state index in [4.69, 9.17) is 32.5 Å². The van der Waals surface area contributed by atoms with Crippen molar-refractivity contribution < 1.29 is 9.47 Å². The maximum atomic E-state index is 6.08. The molecule has 1 aromatic rings. The first kappa shape index (κ1) is 14.1. The third kappa shape index (κ3) is 3.81. The summed E-state index contributed by atoms with van der Waals surface area (Å²) in [7, 11) is 1.53. The highest BCUT2D eigenvalue weighted by Gasteiger charge is 2.10. The number of methoxy groups -OCH3 is 1. The second-order valence-corrected chi connectivity index (χ2v) is 3.64. The maximum absolute atomic E-state index is 6.08. The summed E-state index contributed by atoms with van der Waals surface area (Å²) in [5.74, 6) is 0.909. The van der Waals surface area contributed by atoms with E-state index in [0.29, 0.717) is 28.7 Å². The van der Waals surface area contributed by atoms with Gasteiger partial charge >= 0.3 is 0 Å². The quantitative estimate of drug-likeness (QED) is 0.480. The molecule has 0 aliphatic heterocycles. The van der Waals surface area contributed by atoms with E-state index in [1.165, 1.54) is 13.3 Å². The van der Waals surface area contributed by atoms with E-state index in [-0.39, 0.29) is 5.96 Å². The molecule has 4 N–H and O–H groups in total. The van der Waals surface area contributed by atoms with Crippen LogP contribution in [0, 0.1) is 0 Å². The van der Waals surface area contributed by atoms with Crippen molar-refractivity contribution >= 4 is 23.8 Å². The van der Waals surface area contributed by atoms with Crippen LogP contribution in [0.5, 0.6) is 11.5 Å². The van der Waals surface area contributed by atoms with Crippen molar-refractivity contribution in [3.8, 4) is 11.5 Å². The fourth-order valence-electron chi connectivity index (χ4n) is 1.26. The predicted octanol–water partition coefficient (Wildman–Crippen LogP) is 1.35. The van der Waals surface area contributed by atoms with Gasteiger partial charge in [0.15, 0.2) is 11.5 Å². The molecular formula is C11H15ClN4O2. The number of halogens is 1. The fourth-order valence-corrected chi connectivity index (χ4v) is 1.53. The molecule has 0 spiro atoms. The topological polar surface area (TPSA) is 95.2 Å². The number of nitrogens with zero attached hydrogens (tertiary/aromatic N) is 2. The molecule has 0 heterocycles. The maximum Gasteiger partial charge on any atom is 0.211 e. The molecule has 0 bridgehead atoms. The van der Waals surface area contributed by atoms with Gasteiger partial charge in [-0.3, -0.25) is 0 Å². The molecule has 0 fully saturated rings. The Kier molecular flexibility index (Phi) is 5.26. The Labute approximate surface area is 110 Å². The van der Waals surface area contributed by atoms with E-state index in [2.05, 4.69) is 10.2 Å². The minimum absolute atomic E-state index is 0.116. The molecule has 98 valence electrons. The van der Waals surface area contributed by atoms with Crippen LogP contribution in [0.3, 0.4) is 0 Å². The van der Waals surface area contributed by atoms with E-state index in [0.717, 1.165) is 0 Å². The van der Waals surface area contributed by atoms with Gasteiger partial charge in [-0.15, -0.1) is 5.10 Å². The van der Waals surface area contributed by atoms with Crippen LogP contribution >= 0.6 is 11.6 Å². The number of rotatable bonds is 5. The number of hydrogen-bond donors (Lipinski definition) is 2. The van der Waals surface area contributed by atoms with Gasteiger partial charge in [-0.2, -0.15) is 5.10 Å². The van der Waals surface area contributed by atoms with Crippen LogP contribution in [0.2, 0.25) is 5.02 Å². The zero-order chi connectivity index (χ0) is 13.5. The van der Waals surface area contributed by atoms with E-state index in [1.807, 2.05) is 6.92 Å². The smallest absolute Gasteiger partial charge is 0.211 e. The Hall–Kier alpha value is -1.95. The summed E-state index contributed by atoms with van der Waals surface area (Å²) in [6, 6.07) is 3.41. The molecule has 0 amide bonds. The average molecular weight is 271 g/mol. The van der Waals surface area contributed by atoms with E-state index in [9.17, 15) is 0 Å². The first-order chi connectivity index (χ1) is 8.58. The summed E-state index contributed by atoms with van der Waals surface area (Å²) >= 11 is 6.08. The van der Waals surface area contributed by atoms with Crippen molar-refractivity contribution in [2.24, 2.45) is 21.7 Å². The van der Waals surface area contributed by atoms with Gasteiger partial charge < -0.3 is 20.9 Å². The normalized spacial score (nSPS) is 10.4. The van der Waals surface area contributed by atoms with Crippen LogP contribution in [-0.4, -0.2) is 25.9 Å². The summed E-state index contributed by atoms with van der Waals surface area (Å²) < 4.78 is 10.6. The molecule has 6 nitrogen and oxygen atoms in total. The lowest BCUT2D eigenvalue weighted by molar-refractivity contribution is 0.311. The Morgan fingerprint density at radius 3 is 2.72 bits per heavy atom. The van der Waals surface area contributed by atoms with Crippen LogP contribution < -0.4 is 20.9 Å². The van der Waals surface area contributed by atoms with Gasteiger partial charge in [-0.1, -0.05) is 11.6 Å². The lowest BCUT2D eigenvalue weighted by atomic mass is 10.2. The van der Waals surface area contributed by atoms with Gasteiger partial charge in [0.05, 0.1) is 25.0 Å². The van der Waals surface area contributed by atoms with E-state index < -0.39 is 0 Å². The highest BCUT2D eigenvalue weighted by Crippen LogP contribution is 2.35. The molecule has 0 aliphatic rings. The number of guanidine groups is 1. The minimum Gasteiger partial charge on any atom is -0.493 e. The molecule has 18 heavy (non-hydrogen) atoms. The lowest BCUT2D eigenvalue weighted by Crippen LogP contribution is -2.21. The Bertz CT molecular complexity index is 470. The first-order valence-corrected chi connectivity index (χ1v) is 5.58. The largest absolute Gasteiger partial charge is 0.493 e. The zero-order valence-corrected chi connectivity index (χ0v) is 10.9. The lowest BCUT2D eigenvalue weighted by Gasteiger charge is -2.11. The Balaban J connectivity index is 3.06. The van der Waals surface area contributed by atoms with Crippen LogP contribution in [0.1, 0.15) is 12.5 Å². The van der Waals surface area contributed by atoms with Crippen LogP contribution in [0.15, 0.2) is 22.3 Å². The van der Waals surface area contributed by atoms with Crippen molar-refractivity contribution in [2.75, 3.05) is 13.7 Å². The summed E-state index contributed by atoms with van der Waals surface area (Å²) in [5, 5.41) is 7.61. The van der Waals surface area contributed by atoms with Gasteiger partial charge in [0.2, 0.25) is 5.96 Å². The monoisotopic (exact) mass is 270 g/mol. The summed E-state index contributed by atoms with van der Waals surface area (Å²) in [6.45, 7) is 2.36. The number of benzene rings is 1. The summed E-state index contributed by atoms with van der Waals surface area (Å²) in [4.78, 5) is 0. The molecule has 1 aromatic carbocycles. The standard InChI is InChI=1S/C11H15ClN4O2/c1-3-18-10-8(12)4-7(5-9(10)17-2)6-15-16-11(13)14/h4-6H,3H2,1-2H3,(H4,13,14,16)/b15-6-. The van der Waals surface area contributed by atoms with Gasteiger partial charge in [0.1, 0.15) is 0 Å². The molecule has 7 heteroatoms. The van der Waals surface area contributed by atoms with Gasteiger partial charge in [-0.05, 0) is 19.1 Å². The van der Waals surface area contributed by atoms with Crippen LogP contribution in [0.25, 0.3) is 0 Å². The molecule has 1 rings (SSSR count). The van der Waals surface area contributed by atoms with Crippen molar-refractivity contribution in [3.05, 3.63) is 22.7 Å². The average Bonchev–Trinajstić information content (AvgIpc) is 2.31. The van der Waals surface area contributed by atoms with Crippen LogP contribution in [-0.2, 0) is 0 Å². The molecule has 0 saturated heterocycles. The van der Waals surface area contributed by atoms with Crippen LogP contribution in [0.4, 0.5) is 0 Å².